The highest BCUT2D eigenvalue weighted by Crippen LogP contribution is 2.32. The van der Waals surface area contributed by atoms with Crippen molar-refractivity contribution >= 4 is 11.7 Å². The number of hydrogen-bond donors (Lipinski definition) is 1. The topological polar surface area (TPSA) is 38.3 Å². The van der Waals surface area contributed by atoms with E-state index in [9.17, 15) is 9.18 Å². The van der Waals surface area contributed by atoms with E-state index in [1.54, 1.807) is 19.1 Å². The van der Waals surface area contributed by atoms with Gasteiger partial charge >= 0.3 is 5.97 Å². The second-order valence-corrected chi connectivity index (χ2v) is 4.58. The van der Waals surface area contributed by atoms with Crippen molar-refractivity contribution in [2.24, 2.45) is 5.92 Å². The molecular weight excluding hydrogens is 233 g/mol. The van der Waals surface area contributed by atoms with Crippen molar-refractivity contribution in [3.63, 3.8) is 0 Å². The lowest BCUT2D eigenvalue weighted by Gasteiger charge is -2.33. The summed E-state index contributed by atoms with van der Waals surface area (Å²) in [5, 5.41) is 3.09. The van der Waals surface area contributed by atoms with E-state index in [2.05, 4.69) is 5.32 Å². The van der Waals surface area contributed by atoms with E-state index < -0.39 is 0 Å². The molecule has 0 spiro atoms. The molecule has 98 valence electrons. The average molecular weight is 251 g/mol. The molecule has 0 bridgehead atoms. The van der Waals surface area contributed by atoms with E-state index in [-0.39, 0.29) is 17.8 Å². The minimum atomic E-state index is -0.361. The summed E-state index contributed by atoms with van der Waals surface area (Å²) < 4.78 is 18.2. The minimum Gasteiger partial charge on any atom is -0.464 e. The van der Waals surface area contributed by atoms with Gasteiger partial charge in [-0.25, -0.2) is 9.18 Å². The van der Waals surface area contributed by atoms with Crippen LogP contribution in [0.5, 0.6) is 0 Å². The lowest BCUT2D eigenvalue weighted by Crippen LogP contribution is -2.41. The van der Waals surface area contributed by atoms with Crippen LogP contribution in [0.1, 0.15) is 26.2 Å². The zero-order valence-corrected chi connectivity index (χ0v) is 10.5. The monoisotopic (exact) mass is 251 g/mol. The summed E-state index contributed by atoms with van der Waals surface area (Å²) in [6, 6.07) is 5.80. The maximum atomic E-state index is 13.1. The standard InChI is InChI=1S/C14H18FNO2/c1-2-18-14(17)13(10-5-3-6-10)16-12-8-4-7-11(15)9-12/h4,7-10,13,16H,2-3,5-6H2,1H3. The Bertz CT molecular complexity index is 418. The van der Waals surface area contributed by atoms with Crippen LogP contribution in [0.3, 0.4) is 0 Å². The number of hydrogen-bond acceptors (Lipinski definition) is 3. The summed E-state index contributed by atoms with van der Waals surface area (Å²) in [5.41, 5.74) is 0.625. The summed E-state index contributed by atoms with van der Waals surface area (Å²) in [7, 11) is 0. The molecule has 1 saturated carbocycles. The molecule has 1 aromatic carbocycles. The van der Waals surface area contributed by atoms with Crippen molar-refractivity contribution < 1.29 is 13.9 Å². The fraction of sp³-hybridized carbons (Fsp3) is 0.500. The van der Waals surface area contributed by atoms with Crippen LogP contribution in [0.4, 0.5) is 10.1 Å². The fourth-order valence-corrected chi connectivity index (χ4v) is 2.13. The number of anilines is 1. The molecular formula is C14H18FNO2. The molecule has 1 aliphatic rings. The first-order valence-corrected chi connectivity index (χ1v) is 6.39. The van der Waals surface area contributed by atoms with Crippen molar-refractivity contribution in [3.8, 4) is 0 Å². The zero-order valence-electron chi connectivity index (χ0n) is 10.5. The molecule has 0 heterocycles. The van der Waals surface area contributed by atoms with Crippen LogP contribution >= 0.6 is 0 Å². The van der Waals surface area contributed by atoms with Crippen LogP contribution in [-0.4, -0.2) is 18.6 Å². The van der Waals surface area contributed by atoms with Crippen molar-refractivity contribution in [2.75, 3.05) is 11.9 Å². The number of ether oxygens (including phenoxy) is 1. The van der Waals surface area contributed by atoms with Crippen LogP contribution in [0.15, 0.2) is 24.3 Å². The Kier molecular flexibility index (Phi) is 4.18. The number of halogens is 1. The molecule has 1 atom stereocenters. The van der Waals surface area contributed by atoms with E-state index in [4.69, 9.17) is 4.74 Å². The summed E-state index contributed by atoms with van der Waals surface area (Å²) in [6.45, 7) is 2.16. The Morgan fingerprint density at radius 2 is 2.33 bits per heavy atom. The first-order chi connectivity index (χ1) is 8.70. The van der Waals surface area contributed by atoms with Gasteiger partial charge in [-0.1, -0.05) is 12.5 Å². The average Bonchev–Trinajstić information content (AvgIpc) is 2.26. The van der Waals surface area contributed by atoms with E-state index in [0.29, 0.717) is 18.2 Å². The number of rotatable bonds is 5. The molecule has 1 fully saturated rings. The van der Waals surface area contributed by atoms with Gasteiger partial charge in [-0.05, 0) is 43.9 Å². The molecule has 1 N–H and O–H groups in total. The predicted octanol–water partition coefficient (Wildman–Crippen LogP) is 2.97. The quantitative estimate of drug-likeness (QED) is 0.818. The van der Waals surface area contributed by atoms with Crippen molar-refractivity contribution in [1.82, 2.24) is 0 Å². The molecule has 1 aromatic rings. The van der Waals surface area contributed by atoms with Gasteiger partial charge in [-0.15, -0.1) is 0 Å². The van der Waals surface area contributed by atoms with Gasteiger partial charge in [0.25, 0.3) is 0 Å². The molecule has 3 nitrogen and oxygen atoms in total. The van der Waals surface area contributed by atoms with Crippen LogP contribution < -0.4 is 5.32 Å². The lowest BCUT2D eigenvalue weighted by atomic mass is 9.79. The molecule has 18 heavy (non-hydrogen) atoms. The van der Waals surface area contributed by atoms with Crippen LogP contribution in [0, 0.1) is 11.7 Å². The number of carbonyl (C=O) groups is 1. The highest BCUT2D eigenvalue weighted by Gasteiger charge is 2.33. The van der Waals surface area contributed by atoms with Crippen LogP contribution in [0.25, 0.3) is 0 Å². The zero-order chi connectivity index (χ0) is 13.0. The molecule has 0 radical (unpaired) electrons. The summed E-state index contributed by atoms with van der Waals surface area (Å²) in [5.74, 6) is -0.255. The minimum absolute atomic E-state index is 0.244. The highest BCUT2D eigenvalue weighted by molar-refractivity contribution is 5.79. The third-order valence-electron chi connectivity index (χ3n) is 3.31. The summed E-state index contributed by atoms with van der Waals surface area (Å²) in [6.07, 6.45) is 3.18. The van der Waals surface area contributed by atoms with Crippen LogP contribution in [0.2, 0.25) is 0 Å². The Morgan fingerprint density at radius 1 is 1.56 bits per heavy atom. The van der Waals surface area contributed by atoms with Gasteiger partial charge in [0.05, 0.1) is 6.61 Å². The van der Waals surface area contributed by atoms with Gasteiger partial charge in [-0.3, -0.25) is 0 Å². The van der Waals surface area contributed by atoms with Gasteiger partial charge in [-0.2, -0.15) is 0 Å². The van der Waals surface area contributed by atoms with Crippen molar-refractivity contribution in [3.05, 3.63) is 30.1 Å². The smallest absolute Gasteiger partial charge is 0.328 e. The summed E-state index contributed by atoms with van der Waals surface area (Å²) in [4.78, 5) is 11.9. The van der Waals surface area contributed by atoms with Gasteiger partial charge in [0.2, 0.25) is 0 Å². The Labute approximate surface area is 106 Å². The number of carbonyl (C=O) groups excluding carboxylic acids is 1. The third-order valence-corrected chi connectivity index (χ3v) is 3.31. The van der Waals surface area contributed by atoms with Crippen molar-refractivity contribution in [1.29, 1.82) is 0 Å². The third kappa shape index (κ3) is 3.00. The van der Waals surface area contributed by atoms with Gasteiger partial charge in [0.1, 0.15) is 11.9 Å². The summed E-state index contributed by atoms with van der Waals surface area (Å²) >= 11 is 0. The Balaban J connectivity index is 2.06. The van der Waals surface area contributed by atoms with E-state index in [1.807, 2.05) is 0 Å². The maximum absolute atomic E-state index is 13.1. The first-order valence-electron chi connectivity index (χ1n) is 6.39. The maximum Gasteiger partial charge on any atom is 0.328 e. The van der Waals surface area contributed by atoms with Crippen molar-refractivity contribution in [2.45, 2.75) is 32.2 Å². The van der Waals surface area contributed by atoms with Gasteiger partial charge in [0.15, 0.2) is 0 Å². The van der Waals surface area contributed by atoms with E-state index in [1.165, 1.54) is 12.1 Å². The molecule has 2 rings (SSSR count). The molecule has 4 heteroatoms. The lowest BCUT2D eigenvalue weighted by molar-refractivity contribution is -0.146. The first kappa shape index (κ1) is 12.9. The highest BCUT2D eigenvalue weighted by atomic mass is 19.1. The Morgan fingerprint density at radius 3 is 2.89 bits per heavy atom. The predicted molar refractivity (Wildman–Crippen MR) is 67.8 cm³/mol. The number of benzene rings is 1. The number of nitrogens with one attached hydrogen (secondary N) is 1. The molecule has 0 amide bonds. The molecule has 0 aromatic heterocycles. The van der Waals surface area contributed by atoms with Crippen LogP contribution in [-0.2, 0) is 9.53 Å². The molecule has 1 aliphatic carbocycles. The largest absolute Gasteiger partial charge is 0.464 e. The fourth-order valence-electron chi connectivity index (χ4n) is 2.13. The number of esters is 1. The van der Waals surface area contributed by atoms with E-state index >= 15 is 0 Å². The molecule has 0 saturated heterocycles. The normalized spacial score (nSPS) is 16.8. The van der Waals surface area contributed by atoms with Gasteiger partial charge < -0.3 is 10.1 Å². The Hall–Kier alpha value is -1.58. The molecule has 0 aliphatic heterocycles. The second kappa shape index (κ2) is 5.85. The molecule has 1 unspecified atom stereocenters. The van der Waals surface area contributed by atoms with E-state index in [0.717, 1.165) is 19.3 Å². The SMILES string of the molecule is CCOC(=O)C(Nc1cccc(F)c1)C1CCC1. The van der Waals surface area contributed by atoms with Gasteiger partial charge in [0, 0.05) is 5.69 Å². The second-order valence-electron chi connectivity index (χ2n) is 4.58.